The van der Waals surface area contributed by atoms with E-state index in [0.717, 1.165) is 57.0 Å². The summed E-state index contributed by atoms with van der Waals surface area (Å²) in [7, 11) is -16.9. The second-order valence-corrected chi connectivity index (χ2v) is 18.0. The highest BCUT2D eigenvalue weighted by molar-refractivity contribution is 8.00. The minimum absolute atomic E-state index is 0.00249. The van der Waals surface area contributed by atoms with Crippen LogP contribution in [0.2, 0.25) is 0 Å². The molecule has 5 heterocycles. The average molecular weight is 851 g/mol. The number of carbonyl (C=O) groups is 2. The van der Waals surface area contributed by atoms with Gasteiger partial charge >= 0.3 is 29.5 Å². The number of urea groups is 1. The molecule has 11 N–H and O–H groups in total. The van der Waals surface area contributed by atoms with Gasteiger partial charge in [0.05, 0.1) is 24.8 Å². The molecule has 5 rings (SSSR count). The highest BCUT2D eigenvalue weighted by Gasteiger charge is 2.54. The van der Waals surface area contributed by atoms with Crippen LogP contribution in [0.15, 0.2) is 20.0 Å². The van der Waals surface area contributed by atoms with Gasteiger partial charge in [0, 0.05) is 36.9 Å². The molecule has 4 unspecified atom stereocenters. The molecular weight excluding hydrogens is 805 g/mol. The Hall–Kier alpha value is -2.18. The van der Waals surface area contributed by atoms with Crippen molar-refractivity contribution in [2.24, 2.45) is 20.0 Å². The zero-order chi connectivity index (χ0) is 39.6. The van der Waals surface area contributed by atoms with Crippen molar-refractivity contribution in [2.45, 2.75) is 99.3 Å². The van der Waals surface area contributed by atoms with Crippen LogP contribution in [0, 0.1) is 0 Å². The lowest BCUT2D eigenvalue weighted by Crippen LogP contribution is -2.52. The maximum absolute atomic E-state index is 12.5. The van der Waals surface area contributed by atoms with Crippen LogP contribution < -0.4 is 21.3 Å². The number of phosphoric ester groups is 1. The van der Waals surface area contributed by atoms with Crippen LogP contribution in [-0.2, 0) is 36.4 Å². The first kappa shape index (κ1) is 44.5. The average Bonchev–Trinajstić information content (AvgIpc) is 3.82. The first-order valence-electron chi connectivity index (χ1n) is 16.8. The Bertz CT molecular complexity index is 1600. The van der Waals surface area contributed by atoms with Crippen LogP contribution in [0.1, 0.15) is 57.8 Å². The van der Waals surface area contributed by atoms with Crippen molar-refractivity contribution < 1.29 is 76.1 Å². The fraction of sp³-hybridized carbons (Fsp3) is 0.769. The topological polar surface area (TPSA) is 361 Å². The lowest BCUT2D eigenvalue weighted by molar-refractivity contribution is -0.121. The predicted molar refractivity (Wildman–Crippen MR) is 192 cm³/mol. The van der Waals surface area contributed by atoms with Crippen molar-refractivity contribution in [3.8, 4) is 0 Å². The molecule has 24 nitrogen and oxygen atoms in total. The molecule has 9 atom stereocenters. The van der Waals surface area contributed by atoms with Gasteiger partial charge in [-0.2, -0.15) is 20.4 Å². The Kier molecular flexibility index (Phi) is 16.3. The summed E-state index contributed by atoms with van der Waals surface area (Å²) in [6, 6.07) is 0.259. The Balaban J connectivity index is 0.000000631. The first-order chi connectivity index (χ1) is 25.4. The van der Waals surface area contributed by atoms with Crippen LogP contribution in [0.25, 0.3) is 0 Å². The molecule has 0 aliphatic carbocycles. The zero-order valence-corrected chi connectivity index (χ0v) is 32.2. The molecule has 54 heavy (non-hydrogen) atoms. The van der Waals surface area contributed by atoms with Gasteiger partial charge < -0.3 is 60.9 Å². The summed E-state index contributed by atoms with van der Waals surface area (Å²) in [6.45, 7) is 0.593. The van der Waals surface area contributed by atoms with Gasteiger partial charge in [0.2, 0.25) is 5.91 Å². The Morgan fingerprint density at radius 1 is 0.981 bits per heavy atom. The quantitative estimate of drug-likeness (QED) is 0.0437. The second-order valence-electron chi connectivity index (χ2n) is 12.4. The molecule has 0 aromatic rings. The monoisotopic (exact) mass is 850 g/mol. The number of hydrogen-bond donors (Lipinski definition) is 11. The van der Waals surface area contributed by atoms with E-state index in [1.54, 1.807) is 0 Å². The lowest BCUT2D eigenvalue weighted by atomic mass is 10.0. The number of nitrogens with one attached hydrogen (secondary N) is 4. The number of rotatable bonds is 19. The minimum atomic E-state index is -5.76. The van der Waals surface area contributed by atoms with E-state index in [-0.39, 0.29) is 48.7 Å². The molecule has 0 aromatic carbocycles. The number of amidine groups is 2. The van der Waals surface area contributed by atoms with Gasteiger partial charge in [0.15, 0.2) is 18.0 Å². The van der Waals surface area contributed by atoms with Crippen molar-refractivity contribution in [2.75, 3.05) is 25.4 Å². The van der Waals surface area contributed by atoms with Gasteiger partial charge in [-0.15, -0.1) is 0 Å². The van der Waals surface area contributed by atoms with Crippen molar-refractivity contribution >= 4 is 71.5 Å². The number of carbonyl (C=O) groups excluding carboxylic acids is 2. The van der Waals surface area contributed by atoms with Crippen LogP contribution in [0.4, 0.5) is 4.79 Å². The van der Waals surface area contributed by atoms with Crippen LogP contribution >= 0.6 is 35.2 Å². The SMILES string of the molecule is O=C(CCCC[C@@H]1SC[C@@H]2NC(=O)N[C@@H]21)NCCCCCCNC1=NC=NC2=NC=NC21OP(=O)(O)OP(=O)(O)OP(=O)(O)O.OC[C@H]1OC(O)C[C@@H]1O. The maximum atomic E-state index is 12.5. The fourth-order valence-electron chi connectivity index (χ4n) is 5.83. The van der Waals surface area contributed by atoms with E-state index < -0.39 is 47.7 Å². The molecule has 5 aliphatic heterocycles. The summed E-state index contributed by atoms with van der Waals surface area (Å²) in [4.78, 5) is 76.1. The number of ether oxygens (including phenoxy) is 1. The van der Waals surface area contributed by atoms with Crippen molar-refractivity contribution in [3.05, 3.63) is 0 Å². The van der Waals surface area contributed by atoms with Gasteiger partial charge in [-0.3, -0.25) is 4.79 Å². The Labute approximate surface area is 313 Å². The predicted octanol–water partition coefficient (Wildman–Crippen LogP) is -0.654. The van der Waals surface area contributed by atoms with E-state index in [1.807, 2.05) is 11.8 Å². The molecule has 0 spiro atoms. The number of fused-ring (bicyclic) bond motifs is 2. The number of unbranched alkanes of at least 4 members (excludes halogenated alkanes) is 4. The molecular formula is C26H45N8O16P3S. The zero-order valence-electron chi connectivity index (χ0n) is 28.7. The van der Waals surface area contributed by atoms with Gasteiger partial charge in [-0.05, 0) is 25.7 Å². The number of amides is 3. The summed E-state index contributed by atoms with van der Waals surface area (Å²) in [5, 5.41) is 38.2. The van der Waals surface area contributed by atoms with Crippen molar-refractivity contribution in [3.63, 3.8) is 0 Å². The number of aliphatic imine (C=N–C) groups is 4. The summed E-state index contributed by atoms with van der Waals surface area (Å²) in [5.41, 5.74) is -2.26. The van der Waals surface area contributed by atoms with Crippen LogP contribution in [0.5, 0.6) is 0 Å². The molecule has 3 fully saturated rings. The number of thioether (sulfide) groups is 1. The molecule has 3 amide bonds. The molecule has 0 aromatic heterocycles. The van der Waals surface area contributed by atoms with Gasteiger partial charge in [-0.25, -0.2) is 43.0 Å². The molecule has 0 saturated carbocycles. The Morgan fingerprint density at radius 2 is 1.72 bits per heavy atom. The summed E-state index contributed by atoms with van der Waals surface area (Å²) in [6.07, 6.45) is 6.02. The maximum Gasteiger partial charge on any atom is 0.490 e. The van der Waals surface area contributed by atoms with Crippen LogP contribution in [0.3, 0.4) is 0 Å². The Morgan fingerprint density at radius 3 is 2.39 bits per heavy atom. The van der Waals surface area contributed by atoms with Crippen molar-refractivity contribution in [1.82, 2.24) is 21.3 Å². The number of aliphatic hydroxyl groups excluding tert-OH is 3. The van der Waals surface area contributed by atoms with E-state index >= 15 is 0 Å². The van der Waals surface area contributed by atoms with E-state index in [1.165, 1.54) is 0 Å². The number of phosphoric acid groups is 3. The molecule has 5 aliphatic rings. The smallest absolute Gasteiger partial charge is 0.394 e. The van der Waals surface area contributed by atoms with E-state index in [4.69, 9.17) is 29.6 Å². The molecule has 28 heteroatoms. The van der Waals surface area contributed by atoms with Gasteiger partial charge in [-0.1, -0.05) is 19.3 Å². The number of aliphatic hydroxyl groups is 3. The minimum Gasteiger partial charge on any atom is -0.394 e. The summed E-state index contributed by atoms with van der Waals surface area (Å²) < 4.78 is 52.4. The standard InChI is InChI=1S/C21H35N8O12P3S.C5H10O4/c30-16(8-4-3-7-15-17-14(11-45-15)28-20(31)29-17)22-9-5-1-2-6-10-23-18-21(19(25-12-24-18)26-13-27-21)39-43(35,36)41-44(37,38)40-42(32,33)34;6-2-4-3(7)1-5(8)9-4/h12-15,17H,1-11H2,(H,22,30)(H,35,36)(H,37,38)(H2,28,29,31)(H2,32,33,34)(H,23,24,25,26,27);3-8H,1-2H2/t14-,15-,17-,21?;3-,4+,5?/m00/s1. The molecule has 0 bridgehead atoms. The summed E-state index contributed by atoms with van der Waals surface area (Å²) in [5.74, 6) is 0.504. The van der Waals surface area contributed by atoms with Crippen molar-refractivity contribution in [1.29, 1.82) is 0 Å². The third-order valence-corrected chi connectivity index (χ3v) is 13.6. The lowest BCUT2D eigenvalue weighted by Gasteiger charge is -2.30. The molecule has 0 radical (unpaired) electrons. The summed E-state index contributed by atoms with van der Waals surface area (Å²) >= 11 is 1.85. The van der Waals surface area contributed by atoms with Gasteiger partial charge in [0.1, 0.15) is 18.8 Å². The third-order valence-electron chi connectivity index (χ3n) is 8.26. The number of nitrogens with zero attached hydrogens (tertiary/aromatic N) is 4. The first-order valence-corrected chi connectivity index (χ1v) is 22.4. The fourth-order valence-corrected chi connectivity index (χ4v) is 10.6. The third kappa shape index (κ3) is 13.5. The number of hydrogen-bond acceptors (Lipinski definition) is 18. The van der Waals surface area contributed by atoms with E-state index in [0.29, 0.717) is 31.2 Å². The highest BCUT2D eigenvalue weighted by atomic mass is 32.2. The van der Waals surface area contributed by atoms with E-state index in [9.17, 15) is 33.1 Å². The molecule has 3 saturated heterocycles. The second kappa shape index (κ2) is 19.8. The highest BCUT2D eigenvalue weighted by Crippen LogP contribution is 2.67. The molecule has 306 valence electrons. The van der Waals surface area contributed by atoms with Gasteiger partial charge in [0.25, 0.3) is 5.72 Å². The largest absolute Gasteiger partial charge is 0.490 e. The normalized spacial score (nSPS) is 30.5. The van der Waals surface area contributed by atoms with E-state index in [2.05, 4.69) is 54.6 Å². The van der Waals surface area contributed by atoms with Crippen LogP contribution in [-0.4, -0.2) is 138 Å².